The highest BCUT2D eigenvalue weighted by molar-refractivity contribution is 5.92. The van der Waals surface area contributed by atoms with E-state index in [2.05, 4.69) is 14.2 Å². The van der Waals surface area contributed by atoms with Crippen LogP contribution in [0.15, 0.2) is 12.2 Å². The lowest BCUT2D eigenvalue weighted by Crippen LogP contribution is -2.15. The SMILES string of the molecule is CCCOC(=O)COC(=O)/C=C\C(=O)OC. The largest absolute Gasteiger partial charge is 0.466 e. The van der Waals surface area contributed by atoms with Crippen LogP contribution in [0, 0.1) is 0 Å². The Labute approximate surface area is 93.2 Å². The molecule has 90 valence electrons. The van der Waals surface area contributed by atoms with Crippen LogP contribution in [0.2, 0.25) is 0 Å². The molecule has 0 aromatic heterocycles. The molecule has 0 bridgehead atoms. The summed E-state index contributed by atoms with van der Waals surface area (Å²) in [5, 5.41) is 0. The molecule has 0 aromatic carbocycles. The van der Waals surface area contributed by atoms with Gasteiger partial charge in [-0.2, -0.15) is 0 Å². The molecule has 0 fully saturated rings. The Bertz CT molecular complexity index is 281. The van der Waals surface area contributed by atoms with Gasteiger partial charge in [0.2, 0.25) is 0 Å². The van der Waals surface area contributed by atoms with E-state index in [4.69, 9.17) is 0 Å². The number of hydrogen-bond donors (Lipinski definition) is 0. The first kappa shape index (κ1) is 14.2. The summed E-state index contributed by atoms with van der Waals surface area (Å²) in [6, 6.07) is 0. The van der Waals surface area contributed by atoms with Crippen LogP contribution in [0.1, 0.15) is 13.3 Å². The van der Waals surface area contributed by atoms with E-state index in [-0.39, 0.29) is 6.61 Å². The maximum Gasteiger partial charge on any atom is 0.344 e. The molecule has 0 saturated carbocycles. The Balaban J connectivity index is 3.77. The van der Waals surface area contributed by atoms with Crippen molar-refractivity contribution in [3.8, 4) is 0 Å². The molecule has 0 radical (unpaired) electrons. The van der Waals surface area contributed by atoms with Gasteiger partial charge >= 0.3 is 17.9 Å². The fourth-order valence-corrected chi connectivity index (χ4v) is 0.640. The quantitative estimate of drug-likeness (QED) is 0.369. The summed E-state index contributed by atoms with van der Waals surface area (Å²) in [6.07, 6.45) is 2.47. The van der Waals surface area contributed by atoms with Crippen LogP contribution in [0.5, 0.6) is 0 Å². The first-order valence-electron chi connectivity index (χ1n) is 4.68. The van der Waals surface area contributed by atoms with Crippen LogP contribution in [0.3, 0.4) is 0 Å². The molecule has 0 atom stereocenters. The van der Waals surface area contributed by atoms with E-state index in [1.54, 1.807) is 0 Å². The molecule has 0 rings (SSSR count). The summed E-state index contributed by atoms with van der Waals surface area (Å²) in [7, 11) is 1.18. The molecule has 0 saturated heterocycles. The Morgan fingerprint density at radius 2 is 1.69 bits per heavy atom. The van der Waals surface area contributed by atoms with E-state index in [1.165, 1.54) is 7.11 Å². The van der Waals surface area contributed by atoms with Gasteiger partial charge in [0.05, 0.1) is 13.7 Å². The van der Waals surface area contributed by atoms with E-state index >= 15 is 0 Å². The Hall–Kier alpha value is -1.85. The Morgan fingerprint density at radius 3 is 2.25 bits per heavy atom. The number of methoxy groups -OCH3 is 1. The fraction of sp³-hybridized carbons (Fsp3) is 0.500. The molecule has 16 heavy (non-hydrogen) atoms. The van der Waals surface area contributed by atoms with Crippen molar-refractivity contribution in [3.63, 3.8) is 0 Å². The summed E-state index contributed by atoms with van der Waals surface area (Å²) in [5.41, 5.74) is 0. The highest BCUT2D eigenvalue weighted by Crippen LogP contribution is 1.88. The molecule has 0 N–H and O–H groups in total. The molecule has 0 aliphatic rings. The van der Waals surface area contributed by atoms with Gasteiger partial charge in [-0.15, -0.1) is 0 Å². The minimum atomic E-state index is -0.807. The van der Waals surface area contributed by atoms with Crippen molar-refractivity contribution in [3.05, 3.63) is 12.2 Å². The minimum absolute atomic E-state index is 0.286. The van der Waals surface area contributed by atoms with Crippen molar-refractivity contribution in [2.75, 3.05) is 20.3 Å². The van der Waals surface area contributed by atoms with Crippen molar-refractivity contribution in [1.82, 2.24) is 0 Å². The molecule has 0 unspecified atom stereocenters. The number of esters is 3. The second-order valence-corrected chi connectivity index (χ2v) is 2.68. The van der Waals surface area contributed by atoms with Crippen molar-refractivity contribution < 1.29 is 28.6 Å². The predicted octanol–water partition coefficient (Wildman–Crippen LogP) is 0.212. The van der Waals surface area contributed by atoms with Crippen molar-refractivity contribution >= 4 is 17.9 Å². The van der Waals surface area contributed by atoms with Crippen LogP contribution in [-0.4, -0.2) is 38.2 Å². The molecule has 6 heteroatoms. The van der Waals surface area contributed by atoms with Crippen molar-refractivity contribution in [2.45, 2.75) is 13.3 Å². The second kappa shape index (κ2) is 8.46. The second-order valence-electron chi connectivity index (χ2n) is 2.68. The monoisotopic (exact) mass is 230 g/mol. The van der Waals surface area contributed by atoms with E-state index in [1.807, 2.05) is 6.92 Å². The van der Waals surface area contributed by atoms with Crippen LogP contribution in [0.25, 0.3) is 0 Å². The minimum Gasteiger partial charge on any atom is -0.466 e. The zero-order valence-corrected chi connectivity index (χ0v) is 9.23. The maximum absolute atomic E-state index is 10.9. The van der Waals surface area contributed by atoms with Gasteiger partial charge in [-0.05, 0) is 6.42 Å². The summed E-state index contributed by atoms with van der Waals surface area (Å²) in [5.74, 6) is -2.11. The maximum atomic E-state index is 10.9. The predicted molar refractivity (Wildman–Crippen MR) is 53.4 cm³/mol. The van der Waals surface area contributed by atoms with E-state index in [0.717, 1.165) is 12.2 Å². The average Bonchev–Trinajstić information content (AvgIpc) is 2.30. The Morgan fingerprint density at radius 1 is 1.06 bits per heavy atom. The van der Waals surface area contributed by atoms with Gasteiger partial charge in [-0.1, -0.05) is 6.92 Å². The summed E-state index contributed by atoms with van der Waals surface area (Å²) >= 11 is 0. The topological polar surface area (TPSA) is 78.9 Å². The highest BCUT2D eigenvalue weighted by Gasteiger charge is 2.05. The third kappa shape index (κ3) is 7.54. The third-order valence-corrected chi connectivity index (χ3v) is 1.36. The lowest BCUT2D eigenvalue weighted by Gasteiger charge is -2.02. The normalized spacial score (nSPS) is 9.88. The number of carbonyl (C=O) groups excluding carboxylic acids is 3. The van der Waals surface area contributed by atoms with E-state index in [0.29, 0.717) is 6.42 Å². The number of rotatable bonds is 6. The molecule has 0 heterocycles. The highest BCUT2D eigenvalue weighted by atomic mass is 16.6. The Kier molecular flexibility index (Phi) is 7.48. The van der Waals surface area contributed by atoms with Gasteiger partial charge in [0, 0.05) is 12.2 Å². The van der Waals surface area contributed by atoms with Crippen LogP contribution >= 0.6 is 0 Å². The molecule has 0 aliphatic carbocycles. The number of ether oxygens (including phenoxy) is 3. The molecule has 6 nitrogen and oxygen atoms in total. The van der Waals surface area contributed by atoms with Gasteiger partial charge in [-0.3, -0.25) is 0 Å². The molecule has 0 aliphatic heterocycles. The molecular weight excluding hydrogens is 216 g/mol. The smallest absolute Gasteiger partial charge is 0.344 e. The zero-order chi connectivity index (χ0) is 12.4. The third-order valence-electron chi connectivity index (χ3n) is 1.36. The fourth-order valence-electron chi connectivity index (χ4n) is 0.640. The van der Waals surface area contributed by atoms with Crippen molar-refractivity contribution in [2.24, 2.45) is 0 Å². The summed E-state index contributed by atoms with van der Waals surface area (Å²) in [6.45, 7) is 1.66. The lowest BCUT2D eigenvalue weighted by atomic mass is 10.5. The van der Waals surface area contributed by atoms with Gasteiger partial charge in [-0.25, -0.2) is 14.4 Å². The van der Waals surface area contributed by atoms with Gasteiger partial charge in [0.15, 0.2) is 6.61 Å². The van der Waals surface area contributed by atoms with Crippen molar-refractivity contribution in [1.29, 1.82) is 0 Å². The van der Waals surface area contributed by atoms with E-state index < -0.39 is 24.5 Å². The summed E-state index contributed by atoms with van der Waals surface area (Å²) in [4.78, 5) is 32.4. The first-order valence-corrected chi connectivity index (χ1v) is 4.68. The van der Waals surface area contributed by atoms with Crippen LogP contribution < -0.4 is 0 Å². The summed E-state index contributed by atoms with van der Waals surface area (Å²) < 4.78 is 13.4. The van der Waals surface area contributed by atoms with Crippen LogP contribution in [-0.2, 0) is 28.6 Å². The van der Waals surface area contributed by atoms with E-state index in [9.17, 15) is 14.4 Å². The zero-order valence-electron chi connectivity index (χ0n) is 9.23. The molecule has 0 spiro atoms. The number of hydrogen-bond acceptors (Lipinski definition) is 6. The average molecular weight is 230 g/mol. The molecule has 0 aromatic rings. The standard InChI is InChI=1S/C10H14O6/c1-3-6-15-10(13)7-16-9(12)5-4-8(11)14-2/h4-5H,3,6-7H2,1-2H3/b5-4-. The molecule has 0 amide bonds. The molecular formula is C10H14O6. The van der Waals surface area contributed by atoms with Gasteiger partial charge in [0.1, 0.15) is 0 Å². The van der Waals surface area contributed by atoms with Gasteiger partial charge < -0.3 is 14.2 Å². The van der Waals surface area contributed by atoms with Crippen LogP contribution in [0.4, 0.5) is 0 Å². The first-order chi connectivity index (χ1) is 7.60. The van der Waals surface area contributed by atoms with Gasteiger partial charge in [0.25, 0.3) is 0 Å². The number of carbonyl (C=O) groups is 3. The lowest BCUT2D eigenvalue weighted by molar-refractivity contribution is -0.156.